The first-order chi connectivity index (χ1) is 11.7. The Hall–Kier alpha value is -3.30. The van der Waals surface area contributed by atoms with Crippen LogP contribution in [0.1, 0.15) is 6.92 Å². The second-order valence-corrected chi connectivity index (χ2v) is 4.88. The largest absolute Gasteiger partial charge is 0.481 e. The van der Waals surface area contributed by atoms with Crippen LogP contribution >= 0.6 is 0 Å². The lowest BCUT2D eigenvalue weighted by atomic mass is 10.2. The third kappa shape index (κ3) is 3.54. The molecule has 0 aliphatic heterocycles. The Labute approximate surface area is 137 Å². The number of aromatic nitrogens is 7. The molecule has 0 radical (unpaired) electrons. The first kappa shape index (κ1) is 15.6. The molecule has 0 fully saturated rings. The fourth-order valence-electron chi connectivity index (χ4n) is 2.03. The highest BCUT2D eigenvalue weighted by molar-refractivity contribution is 5.89. The molecule has 0 aliphatic rings. The number of methoxy groups -OCH3 is 1. The maximum atomic E-state index is 12.0. The van der Waals surface area contributed by atoms with E-state index >= 15 is 0 Å². The van der Waals surface area contributed by atoms with Crippen LogP contribution in [0.5, 0.6) is 5.88 Å². The summed E-state index contributed by atoms with van der Waals surface area (Å²) in [5.74, 6) is 0.632. The Bertz CT molecular complexity index is 841. The van der Waals surface area contributed by atoms with Gasteiger partial charge in [0.15, 0.2) is 5.82 Å². The summed E-state index contributed by atoms with van der Waals surface area (Å²) in [6.07, 6.45) is 6.43. The Morgan fingerprint density at radius 2 is 2.17 bits per heavy atom. The van der Waals surface area contributed by atoms with Crippen molar-refractivity contribution in [3.05, 3.63) is 31.0 Å². The number of amides is 1. The smallest absolute Gasteiger partial charge is 0.247 e. The van der Waals surface area contributed by atoms with Crippen LogP contribution in [0.4, 0.5) is 5.82 Å². The number of nitrogens with one attached hydrogen (secondary N) is 1. The van der Waals surface area contributed by atoms with Crippen molar-refractivity contribution >= 4 is 11.7 Å². The van der Waals surface area contributed by atoms with Gasteiger partial charge in [0.1, 0.15) is 12.9 Å². The van der Waals surface area contributed by atoms with Gasteiger partial charge in [-0.05, 0) is 6.92 Å². The zero-order chi connectivity index (χ0) is 16.9. The third-order valence-electron chi connectivity index (χ3n) is 3.22. The zero-order valence-corrected chi connectivity index (χ0v) is 13.2. The van der Waals surface area contributed by atoms with Gasteiger partial charge in [-0.2, -0.15) is 5.10 Å². The zero-order valence-electron chi connectivity index (χ0n) is 13.2. The summed E-state index contributed by atoms with van der Waals surface area (Å²) in [5.41, 5.74) is 1.43. The van der Waals surface area contributed by atoms with Crippen LogP contribution in [0.2, 0.25) is 0 Å². The van der Waals surface area contributed by atoms with E-state index in [0.717, 1.165) is 5.56 Å². The highest BCUT2D eigenvalue weighted by atomic mass is 16.5. The summed E-state index contributed by atoms with van der Waals surface area (Å²) >= 11 is 0. The predicted molar refractivity (Wildman–Crippen MR) is 84.1 cm³/mol. The van der Waals surface area contributed by atoms with Gasteiger partial charge in [0.2, 0.25) is 11.8 Å². The number of anilines is 1. The van der Waals surface area contributed by atoms with Crippen molar-refractivity contribution in [3.8, 4) is 17.1 Å². The predicted octanol–water partition coefficient (Wildman–Crippen LogP) is 0.599. The summed E-state index contributed by atoms with van der Waals surface area (Å²) in [5, 5.41) is 14.6. The highest BCUT2D eigenvalue weighted by Crippen LogP contribution is 2.18. The molecule has 0 unspecified atom stereocenters. The monoisotopic (exact) mass is 328 g/mol. The van der Waals surface area contributed by atoms with E-state index < -0.39 is 0 Å². The Morgan fingerprint density at radius 1 is 1.29 bits per heavy atom. The summed E-state index contributed by atoms with van der Waals surface area (Å²) in [6.45, 7) is 2.68. The number of carbonyl (C=O) groups is 1. The molecule has 0 saturated carbocycles. The fourth-order valence-corrected chi connectivity index (χ4v) is 2.03. The van der Waals surface area contributed by atoms with E-state index in [1.165, 1.54) is 18.1 Å². The van der Waals surface area contributed by atoms with E-state index in [-0.39, 0.29) is 12.5 Å². The quantitative estimate of drug-likeness (QED) is 0.705. The van der Waals surface area contributed by atoms with Crippen LogP contribution < -0.4 is 10.1 Å². The fraction of sp³-hybridized carbons (Fsp3) is 0.286. The van der Waals surface area contributed by atoms with E-state index in [2.05, 4.69) is 30.7 Å². The molecule has 124 valence electrons. The van der Waals surface area contributed by atoms with E-state index in [4.69, 9.17) is 4.74 Å². The number of rotatable bonds is 6. The Balaban J connectivity index is 1.65. The van der Waals surface area contributed by atoms with Crippen molar-refractivity contribution in [2.45, 2.75) is 20.0 Å². The van der Waals surface area contributed by atoms with E-state index in [0.29, 0.717) is 23.9 Å². The summed E-state index contributed by atoms with van der Waals surface area (Å²) in [7, 11) is 1.54. The average molecular weight is 328 g/mol. The number of aryl methyl sites for hydroxylation is 1. The van der Waals surface area contributed by atoms with Crippen LogP contribution in [-0.2, 0) is 17.9 Å². The molecule has 1 N–H and O–H groups in total. The van der Waals surface area contributed by atoms with Crippen LogP contribution in [-0.4, -0.2) is 47.8 Å². The summed E-state index contributed by atoms with van der Waals surface area (Å²) < 4.78 is 8.21. The van der Waals surface area contributed by atoms with Gasteiger partial charge in [-0.3, -0.25) is 14.2 Å². The number of nitrogens with zero attached hydrogens (tertiary/aromatic N) is 7. The number of carbonyl (C=O) groups excluding carboxylic acids is 1. The van der Waals surface area contributed by atoms with Crippen LogP contribution in [0.15, 0.2) is 31.0 Å². The summed E-state index contributed by atoms with van der Waals surface area (Å²) in [4.78, 5) is 20.1. The van der Waals surface area contributed by atoms with Crippen LogP contribution in [0, 0.1) is 0 Å². The van der Waals surface area contributed by atoms with Crippen molar-refractivity contribution in [2.24, 2.45) is 0 Å². The number of ether oxygens (including phenoxy) is 1. The minimum absolute atomic E-state index is 0.0567. The lowest BCUT2D eigenvalue weighted by Crippen LogP contribution is -2.19. The van der Waals surface area contributed by atoms with Gasteiger partial charge in [0.25, 0.3) is 0 Å². The van der Waals surface area contributed by atoms with Crippen LogP contribution in [0.3, 0.4) is 0 Å². The highest BCUT2D eigenvalue weighted by Gasteiger charge is 2.10. The van der Waals surface area contributed by atoms with Crippen molar-refractivity contribution < 1.29 is 9.53 Å². The van der Waals surface area contributed by atoms with Gasteiger partial charge < -0.3 is 10.1 Å². The molecule has 10 heteroatoms. The maximum absolute atomic E-state index is 12.0. The van der Waals surface area contributed by atoms with E-state index in [1.807, 2.05) is 6.92 Å². The molecule has 3 aromatic heterocycles. The molecule has 0 spiro atoms. The lowest BCUT2D eigenvalue weighted by molar-refractivity contribution is -0.116. The molecular formula is C14H16N8O2. The number of hydrogen-bond donors (Lipinski definition) is 1. The minimum atomic E-state index is -0.243. The van der Waals surface area contributed by atoms with Gasteiger partial charge in [-0.25, -0.2) is 9.97 Å². The van der Waals surface area contributed by atoms with Gasteiger partial charge in [0.05, 0.1) is 25.2 Å². The molecule has 1 amide bonds. The lowest BCUT2D eigenvalue weighted by Gasteiger charge is -2.02. The topological polar surface area (TPSA) is 113 Å². The SMILES string of the molecule is CCn1cc(NC(=O)Cn2cc(-c3cc(OC)ncn3)cn2)nn1. The Kier molecular flexibility index (Phi) is 4.45. The molecule has 0 aliphatic carbocycles. The molecule has 0 bridgehead atoms. The van der Waals surface area contributed by atoms with Crippen molar-refractivity contribution in [1.82, 2.24) is 34.7 Å². The van der Waals surface area contributed by atoms with Crippen molar-refractivity contribution in [2.75, 3.05) is 12.4 Å². The molecular weight excluding hydrogens is 312 g/mol. The standard InChI is InChI=1S/C14H16N8O2/c1-3-21-7-12(19-20-21)18-13(23)8-22-6-10(5-17-22)11-4-14(24-2)16-9-15-11/h4-7,9H,3,8H2,1-2H3,(H,18,23). The second kappa shape index (κ2) is 6.86. The first-order valence-corrected chi connectivity index (χ1v) is 7.26. The molecule has 10 nitrogen and oxygen atoms in total. The average Bonchev–Trinajstić information content (AvgIpc) is 3.24. The van der Waals surface area contributed by atoms with Gasteiger partial charge in [0, 0.05) is 24.4 Å². The molecule has 3 heterocycles. The molecule has 3 aromatic rings. The molecule has 0 aromatic carbocycles. The molecule has 3 rings (SSSR count). The maximum Gasteiger partial charge on any atom is 0.247 e. The minimum Gasteiger partial charge on any atom is -0.481 e. The Morgan fingerprint density at radius 3 is 2.92 bits per heavy atom. The van der Waals surface area contributed by atoms with Gasteiger partial charge in [-0.1, -0.05) is 5.21 Å². The van der Waals surface area contributed by atoms with Crippen molar-refractivity contribution in [1.29, 1.82) is 0 Å². The first-order valence-electron chi connectivity index (χ1n) is 7.26. The van der Waals surface area contributed by atoms with E-state index in [9.17, 15) is 4.79 Å². The van der Waals surface area contributed by atoms with Crippen molar-refractivity contribution in [3.63, 3.8) is 0 Å². The molecule has 0 saturated heterocycles. The van der Waals surface area contributed by atoms with Gasteiger partial charge in [-0.15, -0.1) is 5.10 Å². The number of hydrogen-bond acceptors (Lipinski definition) is 7. The summed E-state index contributed by atoms with van der Waals surface area (Å²) in [6, 6.07) is 1.70. The second-order valence-electron chi connectivity index (χ2n) is 4.88. The van der Waals surface area contributed by atoms with E-state index in [1.54, 1.807) is 29.3 Å². The third-order valence-corrected chi connectivity index (χ3v) is 3.22. The normalized spacial score (nSPS) is 10.6. The van der Waals surface area contributed by atoms with Crippen LogP contribution in [0.25, 0.3) is 11.3 Å². The molecule has 0 atom stereocenters. The van der Waals surface area contributed by atoms with Gasteiger partial charge >= 0.3 is 0 Å². The molecule has 24 heavy (non-hydrogen) atoms.